The SMILES string of the molecule is O=C1OC2(c3ccsc3-c3cc(-c4ccccc4)c4ccccc4[n+]32)[n+]2ccc(Oc3ccc(-c4nnc(-c5ccccc5)o4)cc3)cc21. The molecular formula is C40H24N4O4S+2. The van der Waals surface area contributed by atoms with Crippen molar-refractivity contribution < 1.29 is 27.8 Å². The largest absolute Gasteiger partial charge is 0.559 e. The number of esters is 1. The van der Waals surface area contributed by atoms with Crippen molar-refractivity contribution in [2.24, 2.45) is 0 Å². The molecule has 0 saturated heterocycles. The molecule has 9 heteroatoms. The number of hydrogen-bond acceptors (Lipinski definition) is 7. The highest BCUT2D eigenvalue weighted by molar-refractivity contribution is 7.13. The topological polar surface area (TPSA) is 82.2 Å². The zero-order valence-electron chi connectivity index (χ0n) is 25.7. The average Bonchev–Trinajstić information content (AvgIpc) is 3.95. The number of fused-ring (bicyclic) bond motifs is 9. The van der Waals surface area contributed by atoms with Crippen molar-refractivity contribution in [3.8, 4) is 56.1 Å². The lowest BCUT2D eigenvalue weighted by Gasteiger charge is -2.15. The maximum Gasteiger partial charge on any atom is 0.559 e. The van der Waals surface area contributed by atoms with E-state index in [1.54, 1.807) is 17.4 Å². The highest BCUT2D eigenvalue weighted by Crippen LogP contribution is 2.46. The lowest BCUT2D eigenvalue weighted by molar-refractivity contribution is -0.994. The van der Waals surface area contributed by atoms with Crippen LogP contribution in [0.3, 0.4) is 0 Å². The summed E-state index contributed by atoms with van der Waals surface area (Å²) >= 11 is 1.64. The number of aromatic nitrogens is 4. The number of hydrogen-bond donors (Lipinski definition) is 0. The van der Waals surface area contributed by atoms with Gasteiger partial charge in [-0.15, -0.1) is 21.5 Å². The molecule has 1 atom stereocenters. The van der Waals surface area contributed by atoms with Crippen LogP contribution < -0.4 is 13.9 Å². The van der Waals surface area contributed by atoms with Gasteiger partial charge in [-0.1, -0.05) is 69.8 Å². The average molecular weight is 657 g/mol. The number of nitrogens with zero attached hydrogens (tertiary/aromatic N) is 4. The Morgan fingerprint density at radius 3 is 2.14 bits per heavy atom. The lowest BCUT2D eigenvalue weighted by Crippen LogP contribution is -2.71. The Bertz CT molecular complexity index is 2580. The fourth-order valence-corrected chi connectivity index (χ4v) is 7.85. The van der Waals surface area contributed by atoms with Crippen LogP contribution in [0.25, 0.3) is 55.5 Å². The molecule has 4 aromatic heterocycles. The van der Waals surface area contributed by atoms with Crippen LogP contribution in [0.15, 0.2) is 149 Å². The van der Waals surface area contributed by atoms with Crippen LogP contribution in [-0.4, -0.2) is 16.2 Å². The molecule has 2 aliphatic heterocycles. The third kappa shape index (κ3) is 4.12. The normalized spacial score (nSPS) is 15.6. The van der Waals surface area contributed by atoms with Gasteiger partial charge >= 0.3 is 17.5 Å². The Hall–Kier alpha value is -6.45. The van der Waals surface area contributed by atoms with Crippen molar-refractivity contribution in [1.82, 2.24) is 10.2 Å². The summed E-state index contributed by atoms with van der Waals surface area (Å²) in [6.07, 6.45) is 1.87. The Kier molecular flexibility index (Phi) is 5.94. The first kappa shape index (κ1) is 27.6. The van der Waals surface area contributed by atoms with Gasteiger partial charge in [0.25, 0.3) is 0 Å². The number of pyridine rings is 2. The van der Waals surface area contributed by atoms with E-state index in [1.165, 1.54) is 0 Å². The van der Waals surface area contributed by atoms with Crippen LogP contribution in [0.1, 0.15) is 16.1 Å². The zero-order valence-corrected chi connectivity index (χ0v) is 26.5. The second-order valence-corrected chi connectivity index (χ2v) is 12.8. The third-order valence-corrected chi connectivity index (χ3v) is 10.0. The van der Waals surface area contributed by atoms with E-state index in [-0.39, 0.29) is 0 Å². The summed E-state index contributed by atoms with van der Waals surface area (Å²) in [6.45, 7) is 0. The van der Waals surface area contributed by atoms with Gasteiger partial charge in [-0.2, -0.15) is 0 Å². The van der Waals surface area contributed by atoms with Crippen LogP contribution in [-0.2, 0) is 10.6 Å². The summed E-state index contributed by atoms with van der Waals surface area (Å²) in [4.78, 5) is 14.8. The quantitative estimate of drug-likeness (QED) is 0.138. The molecule has 1 spiro atoms. The number of carbonyl (C=O) groups excluding carboxylic acids is 1. The predicted molar refractivity (Wildman–Crippen MR) is 183 cm³/mol. The molecule has 10 rings (SSSR count). The van der Waals surface area contributed by atoms with E-state index in [0.29, 0.717) is 29.0 Å². The molecule has 0 fully saturated rings. The van der Waals surface area contributed by atoms with Crippen LogP contribution in [0.4, 0.5) is 0 Å². The molecule has 4 aromatic carbocycles. The number of para-hydroxylation sites is 1. The molecule has 49 heavy (non-hydrogen) atoms. The number of ether oxygens (including phenoxy) is 2. The Morgan fingerprint density at radius 2 is 1.37 bits per heavy atom. The molecule has 0 bridgehead atoms. The standard InChI is InChI=1S/C40H24N4O4S/c45-39-35-23-29(46-28-17-15-27(16-18-28)38-42-41-37(47-38)26-11-5-2-6-12-26)19-21-43(35)40(48-39)32-20-22-49-36(32)34-24-31(25-9-3-1-4-10-25)30-13-7-8-14-33(30)44(34)40/h1-24H/q+2. The van der Waals surface area contributed by atoms with E-state index >= 15 is 0 Å². The fraction of sp³-hybridized carbons (Fsp3) is 0.0250. The summed E-state index contributed by atoms with van der Waals surface area (Å²) in [5, 5.41) is 11.5. The van der Waals surface area contributed by atoms with Crippen LogP contribution >= 0.6 is 11.3 Å². The van der Waals surface area contributed by atoms with Crippen molar-refractivity contribution in [1.29, 1.82) is 0 Å². The van der Waals surface area contributed by atoms with Crippen LogP contribution in [0.5, 0.6) is 11.5 Å². The van der Waals surface area contributed by atoms with Gasteiger partial charge < -0.3 is 13.9 Å². The molecule has 232 valence electrons. The van der Waals surface area contributed by atoms with E-state index in [0.717, 1.165) is 49.3 Å². The molecule has 0 amide bonds. The molecule has 8 aromatic rings. The fourth-order valence-electron chi connectivity index (χ4n) is 6.91. The van der Waals surface area contributed by atoms with E-state index in [9.17, 15) is 4.79 Å². The molecule has 0 N–H and O–H groups in total. The molecule has 1 unspecified atom stereocenters. The molecule has 0 aliphatic carbocycles. The molecule has 6 heterocycles. The van der Waals surface area contributed by atoms with E-state index in [1.807, 2.05) is 89.6 Å². The van der Waals surface area contributed by atoms with Gasteiger partial charge in [-0.25, -0.2) is 4.79 Å². The van der Waals surface area contributed by atoms with Gasteiger partial charge in [0.05, 0.1) is 11.5 Å². The summed E-state index contributed by atoms with van der Waals surface area (Å²) < 4.78 is 22.7. The predicted octanol–water partition coefficient (Wildman–Crippen LogP) is 8.01. The molecular weight excluding hydrogens is 633 g/mol. The lowest BCUT2D eigenvalue weighted by atomic mass is 10.00. The van der Waals surface area contributed by atoms with Crippen LogP contribution in [0.2, 0.25) is 0 Å². The number of benzene rings is 4. The highest BCUT2D eigenvalue weighted by atomic mass is 32.1. The zero-order chi connectivity index (χ0) is 32.5. The van der Waals surface area contributed by atoms with Crippen molar-refractivity contribution >= 4 is 28.2 Å². The van der Waals surface area contributed by atoms with Gasteiger partial charge in [-0.3, -0.25) is 0 Å². The first-order chi connectivity index (χ1) is 24.2. The van der Waals surface area contributed by atoms with Gasteiger partial charge in [0, 0.05) is 34.9 Å². The van der Waals surface area contributed by atoms with Crippen molar-refractivity contribution in [3.05, 3.63) is 156 Å². The second-order valence-electron chi connectivity index (χ2n) is 11.8. The number of carbonyl (C=O) groups is 1. The maximum absolute atomic E-state index is 13.8. The minimum atomic E-state index is -1.21. The highest BCUT2D eigenvalue weighted by Gasteiger charge is 2.71. The van der Waals surface area contributed by atoms with E-state index < -0.39 is 11.8 Å². The molecule has 0 radical (unpaired) electrons. The smallest absolute Gasteiger partial charge is 0.457 e. The van der Waals surface area contributed by atoms with Crippen molar-refractivity contribution in [3.63, 3.8) is 0 Å². The second kappa shape index (κ2) is 10.5. The summed E-state index contributed by atoms with van der Waals surface area (Å²) in [5.74, 6) is 0.332. The summed E-state index contributed by atoms with van der Waals surface area (Å²) in [6, 6.07) is 43.6. The van der Waals surface area contributed by atoms with Crippen LogP contribution in [0, 0.1) is 0 Å². The monoisotopic (exact) mass is 656 g/mol. The van der Waals surface area contributed by atoms with Crippen molar-refractivity contribution in [2.45, 2.75) is 5.85 Å². The summed E-state index contributed by atoms with van der Waals surface area (Å²) in [7, 11) is 0. The van der Waals surface area contributed by atoms with E-state index in [4.69, 9.17) is 13.9 Å². The minimum Gasteiger partial charge on any atom is -0.457 e. The molecule has 2 aliphatic rings. The first-order valence-corrected chi connectivity index (χ1v) is 16.6. The number of thiophene rings is 1. The van der Waals surface area contributed by atoms with Gasteiger partial charge in [0.1, 0.15) is 16.4 Å². The Balaban J connectivity index is 1.02. The Morgan fingerprint density at radius 1 is 0.673 bits per heavy atom. The first-order valence-electron chi connectivity index (χ1n) is 15.8. The summed E-state index contributed by atoms with van der Waals surface area (Å²) in [5.41, 5.74) is 7.15. The third-order valence-electron chi connectivity index (χ3n) is 9.07. The molecule has 0 saturated carbocycles. The molecule has 8 nitrogen and oxygen atoms in total. The minimum absolute atomic E-state index is 0.391. The van der Waals surface area contributed by atoms with Gasteiger partial charge in [0.15, 0.2) is 11.8 Å². The maximum atomic E-state index is 13.8. The van der Waals surface area contributed by atoms with Crippen molar-refractivity contribution in [2.75, 3.05) is 0 Å². The Labute approximate surface area is 283 Å². The number of rotatable bonds is 5. The van der Waals surface area contributed by atoms with Gasteiger partial charge in [0.2, 0.25) is 23.0 Å². The van der Waals surface area contributed by atoms with E-state index in [2.05, 4.69) is 68.7 Å². The van der Waals surface area contributed by atoms with Gasteiger partial charge in [-0.05, 0) is 59.5 Å².